The van der Waals surface area contributed by atoms with Gasteiger partial charge in [0.1, 0.15) is 0 Å². The van der Waals surface area contributed by atoms with Gasteiger partial charge in [0.15, 0.2) is 5.71 Å². The zero-order chi connectivity index (χ0) is 13.2. The zero-order valence-corrected chi connectivity index (χ0v) is 11.1. The number of hydrogen-bond donors (Lipinski definition) is 0. The average molecular weight is 269 g/mol. The van der Waals surface area contributed by atoms with Crippen molar-refractivity contribution in [2.45, 2.75) is 0 Å². The van der Waals surface area contributed by atoms with Crippen LogP contribution in [0.15, 0.2) is 52.0 Å². The topological polar surface area (TPSA) is 45.0 Å². The van der Waals surface area contributed by atoms with Crippen molar-refractivity contribution in [1.29, 1.82) is 0 Å². The van der Waals surface area contributed by atoms with Crippen LogP contribution in [0.5, 0.6) is 0 Å². The molecule has 0 N–H and O–H groups in total. The van der Waals surface area contributed by atoms with E-state index in [2.05, 4.69) is 10.2 Å². The van der Waals surface area contributed by atoms with E-state index in [0.717, 1.165) is 16.1 Å². The fourth-order valence-electron chi connectivity index (χ4n) is 1.95. The summed E-state index contributed by atoms with van der Waals surface area (Å²) >= 11 is 1.58. The number of nitrogens with zero attached hydrogens (tertiary/aromatic N) is 3. The molecule has 0 spiro atoms. The third-order valence-corrected chi connectivity index (χ3v) is 3.72. The number of carbonyl (C=O) groups is 1. The van der Waals surface area contributed by atoms with Crippen LogP contribution in [-0.2, 0) is 4.79 Å². The van der Waals surface area contributed by atoms with E-state index in [9.17, 15) is 4.79 Å². The molecule has 2 aromatic rings. The summed E-state index contributed by atoms with van der Waals surface area (Å²) < 4.78 is 0. The summed E-state index contributed by atoms with van der Waals surface area (Å²) in [7, 11) is 1.74. The summed E-state index contributed by atoms with van der Waals surface area (Å²) in [6.45, 7) is 0. The highest BCUT2D eigenvalue weighted by atomic mass is 32.1. The first kappa shape index (κ1) is 11.8. The van der Waals surface area contributed by atoms with Gasteiger partial charge in [-0.3, -0.25) is 4.79 Å². The smallest absolute Gasteiger partial charge is 0.279 e. The number of benzene rings is 1. The first-order valence-electron chi connectivity index (χ1n) is 5.79. The molecule has 0 saturated carbocycles. The lowest BCUT2D eigenvalue weighted by Gasteiger charge is -2.07. The molecule has 1 aliphatic rings. The number of rotatable bonds is 2. The molecular weight excluding hydrogens is 258 g/mol. The van der Waals surface area contributed by atoms with Gasteiger partial charge in [-0.2, -0.15) is 5.10 Å². The molecule has 1 aromatic carbocycles. The maximum atomic E-state index is 12.1. The number of para-hydroxylation sites is 1. The number of anilines is 1. The van der Waals surface area contributed by atoms with Crippen molar-refractivity contribution in [3.05, 3.63) is 52.2 Å². The van der Waals surface area contributed by atoms with Crippen LogP contribution < -0.4 is 4.90 Å². The second-order valence-corrected chi connectivity index (χ2v) is 5.07. The lowest BCUT2D eigenvalue weighted by atomic mass is 10.1. The van der Waals surface area contributed by atoms with Crippen molar-refractivity contribution in [3.63, 3.8) is 0 Å². The van der Waals surface area contributed by atoms with E-state index >= 15 is 0 Å². The number of hydrogen-bond acceptors (Lipinski definition) is 4. The number of amides is 1. The standard InChI is InChI=1S/C14H11N3OS/c1-17-12-7-3-2-6-11(12)13(14(17)18)16-15-9-10-5-4-8-19-10/h2-9H,1H3/b15-9-,16-13+. The SMILES string of the molecule is CN1C(=O)/C(=N/N=C\c2cccs2)c2ccccc21. The molecule has 0 bridgehead atoms. The van der Waals surface area contributed by atoms with Crippen molar-refractivity contribution in [2.24, 2.45) is 10.2 Å². The first-order valence-corrected chi connectivity index (χ1v) is 6.67. The summed E-state index contributed by atoms with van der Waals surface area (Å²) in [6.07, 6.45) is 1.66. The maximum Gasteiger partial charge on any atom is 0.279 e. The fraction of sp³-hybridized carbons (Fsp3) is 0.0714. The monoisotopic (exact) mass is 269 g/mol. The third kappa shape index (κ3) is 2.08. The van der Waals surface area contributed by atoms with Gasteiger partial charge in [-0.15, -0.1) is 16.4 Å². The zero-order valence-electron chi connectivity index (χ0n) is 10.3. The Bertz CT molecular complexity index is 674. The molecule has 1 amide bonds. The summed E-state index contributed by atoms with van der Waals surface area (Å²) in [5.41, 5.74) is 2.10. The minimum atomic E-state index is -0.121. The van der Waals surface area contributed by atoms with Crippen LogP contribution >= 0.6 is 11.3 Å². The summed E-state index contributed by atoms with van der Waals surface area (Å²) in [5.74, 6) is -0.121. The van der Waals surface area contributed by atoms with Gasteiger partial charge in [0.25, 0.3) is 5.91 Å². The molecule has 4 nitrogen and oxygen atoms in total. The Kier molecular flexibility index (Phi) is 2.97. The van der Waals surface area contributed by atoms with Crippen molar-refractivity contribution in [3.8, 4) is 0 Å². The largest absolute Gasteiger partial charge is 0.309 e. The molecule has 0 radical (unpaired) electrons. The molecule has 0 saturated heterocycles. The predicted molar refractivity (Wildman–Crippen MR) is 78.3 cm³/mol. The first-order chi connectivity index (χ1) is 9.27. The Hall–Kier alpha value is -2.27. The predicted octanol–water partition coefficient (Wildman–Crippen LogP) is 2.55. The Labute approximate surface area is 114 Å². The molecule has 19 heavy (non-hydrogen) atoms. The molecular formula is C14H11N3OS. The van der Waals surface area contributed by atoms with E-state index in [1.807, 2.05) is 41.8 Å². The van der Waals surface area contributed by atoms with Gasteiger partial charge in [0.05, 0.1) is 11.9 Å². The van der Waals surface area contributed by atoms with E-state index in [0.29, 0.717) is 5.71 Å². The molecule has 1 aliphatic heterocycles. The molecule has 5 heteroatoms. The van der Waals surface area contributed by atoms with Crippen LogP contribution in [0.25, 0.3) is 0 Å². The number of thiophene rings is 1. The second kappa shape index (κ2) is 4.78. The molecule has 0 atom stereocenters. The van der Waals surface area contributed by atoms with Crippen LogP contribution in [0.3, 0.4) is 0 Å². The van der Waals surface area contributed by atoms with Crippen molar-refractivity contribution in [1.82, 2.24) is 0 Å². The quantitative estimate of drug-likeness (QED) is 0.610. The number of likely N-dealkylation sites (N-methyl/N-ethyl adjacent to an activating group) is 1. The second-order valence-electron chi connectivity index (χ2n) is 4.09. The van der Waals surface area contributed by atoms with Crippen LogP contribution in [-0.4, -0.2) is 24.9 Å². The van der Waals surface area contributed by atoms with Gasteiger partial charge < -0.3 is 4.90 Å². The molecule has 0 aliphatic carbocycles. The summed E-state index contributed by atoms with van der Waals surface area (Å²) in [4.78, 5) is 14.7. The van der Waals surface area contributed by atoms with E-state index in [1.54, 1.807) is 29.5 Å². The minimum absolute atomic E-state index is 0.121. The summed E-state index contributed by atoms with van der Waals surface area (Å²) in [6, 6.07) is 11.5. The van der Waals surface area contributed by atoms with Crippen LogP contribution in [0.2, 0.25) is 0 Å². The molecule has 0 fully saturated rings. The van der Waals surface area contributed by atoms with Gasteiger partial charge in [-0.05, 0) is 17.5 Å². The van der Waals surface area contributed by atoms with Crippen LogP contribution in [0.4, 0.5) is 5.69 Å². The Balaban J connectivity index is 1.95. The molecule has 0 unspecified atom stereocenters. The van der Waals surface area contributed by atoms with Crippen molar-refractivity contribution >= 4 is 34.9 Å². The van der Waals surface area contributed by atoms with Crippen molar-refractivity contribution in [2.75, 3.05) is 11.9 Å². The number of carbonyl (C=O) groups excluding carboxylic acids is 1. The van der Waals surface area contributed by atoms with E-state index in [1.165, 1.54) is 0 Å². The van der Waals surface area contributed by atoms with Gasteiger partial charge in [-0.1, -0.05) is 24.3 Å². The molecule has 2 heterocycles. The maximum absolute atomic E-state index is 12.1. The molecule has 94 valence electrons. The average Bonchev–Trinajstić information content (AvgIpc) is 3.02. The lowest BCUT2D eigenvalue weighted by Crippen LogP contribution is -2.25. The third-order valence-electron chi connectivity index (χ3n) is 2.91. The Morgan fingerprint density at radius 3 is 2.84 bits per heavy atom. The van der Waals surface area contributed by atoms with Gasteiger partial charge in [0.2, 0.25) is 0 Å². The fourth-order valence-corrected chi connectivity index (χ4v) is 2.53. The summed E-state index contributed by atoms with van der Waals surface area (Å²) in [5, 5.41) is 10.0. The number of fused-ring (bicyclic) bond motifs is 1. The lowest BCUT2D eigenvalue weighted by molar-refractivity contribution is -0.111. The van der Waals surface area contributed by atoms with Crippen LogP contribution in [0.1, 0.15) is 10.4 Å². The van der Waals surface area contributed by atoms with E-state index in [4.69, 9.17) is 0 Å². The highest BCUT2D eigenvalue weighted by Gasteiger charge is 2.30. The highest BCUT2D eigenvalue weighted by Crippen LogP contribution is 2.27. The van der Waals surface area contributed by atoms with Crippen LogP contribution in [0, 0.1) is 0 Å². The normalized spacial score (nSPS) is 16.6. The Morgan fingerprint density at radius 1 is 1.21 bits per heavy atom. The Morgan fingerprint density at radius 2 is 2.05 bits per heavy atom. The molecule has 3 rings (SSSR count). The van der Waals surface area contributed by atoms with Gasteiger partial charge in [-0.25, -0.2) is 0 Å². The molecule has 1 aromatic heterocycles. The van der Waals surface area contributed by atoms with Gasteiger partial charge in [0, 0.05) is 17.5 Å². The van der Waals surface area contributed by atoms with Crippen molar-refractivity contribution < 1.29 is 4.79 Å². The van der Waals surface area contributed by atoms with E-state index < -0.39 is 0 Å². The minimum Gasteiger partial charge on any atom is -0.309 e. The van der Waals surface area contributed by atoms with E-state index in [-0.39, 0.29) is 5.91 Å². The van der Waals surface area contributed by atoms with Gasteiger partial charge >= 0.3 is 0 Å². The highest BCUT2D eigenvalue weighted by molar-refractivity contribution is 7.11.